The van der Waals surface area contributed by atoms with E-state index in [2.05, 4.69) is 12.1 Å². The first-order valence-corrected chi connectivity index (χ1v) is 10.9. The summed E-state index contributed by atoms with van der Waals surface area (Å²) >= 11 is 0. The lowest BCUT2D eigenvalue weighted by atomic mass is 9.93. The SMILES string of the molecule is CCC(C)c1nocc1C(=O)N1CCN2C(=O)c3cccn3CC12c1ccc(OC)cc1. The van der Waals surface area contributed by atoms with Crippen LogP contribution >= 0.6 is 0 Å². The molecule has 2 aromatic heterocycles. The van der Waals surface area contributed by atoms with Gasteiger partial charge in [0.2, 0.25) is 0 Å². The second-order valence-electron chi connectivity index (χ2n) is 8.40. The average Bonchev–Trinajstić information content (AvgIpc) is 3.57. The number of hydrogen-bond donors (Lipinski definition) is 0. The van der Waals surface area contributed by atoms with Crippen LogP contribution in [0.15, 0.2) is 53.4 Å². The first kappa shape index (κ1) is 20.4. The van der Waals surface area contributed by atoms with Crippen molar-refractivity contribution in [1.29, 1.82) is 0 Å². The number of aromatic nitrogens is 2. The maximum absolute atomic E-state index is 13.9. The van der Waals surface area contributed by atoms with Gasteiger partial charge < -0.3 is 23.6 Å². The van der Waals surface area contributed by atoms with Crippen LogP contribution in [0.1, 0.15) is 58.3 Å². The Kier molecular flexibility index (Phi) is 4.80. The van der Waals surface area contributed by atoms with Gasteiger partial charge in [0.15, 0.2) is 5.66 Å². The van der Waals surface area contributed by atoms with E-state index in [4.69, 9.17) is 9.26 Å². The molecule has 5 rings (SSSR count). The van der Waals surface area contributed by atoms with Crippen molar-refractivity contribution in [3.8, 4) is 5.75 Å². The monoisotopic (exact) mass is 434 g/mol. The molecule has 0 N–H and O–H groups in total. The third kappa shape index (κ3) is 2.78. The number of hydrogen-bond acceptors (Lipinski definition) is 5. The number of rotatable bonds is 5. The van der Waals surface area contributed by atoms with E-state index in [0.29, 0.717) is 36.6 Å². The van der Waals surface area contributed by atoms with Crippen molar-refractivity contribution in [3.05, 3.63) is 71.4 Å². The lowest BCUT2D eigenvalue weighted by Crippen LogP contribution is -2.60. The predicted octanol–water partition coefficient (Wildman–Crippen LogP) is 3.46. The Balaban J connectivity index is 1.65. The molecule has 2 atom stereocenters. The molecule has 32 heavy (non-hydrogen) atoms. The molecule has 1 fully saturated rings. The first-order valence-electron chi connectivity index (χ1n) is 10.9. The molecule has 0 radical (unpaired) electrons. The fraction of sp³-hybridized carbons (Fsp3) is 0.375. The summed E-state index contributed by atoms with van der Waals surface area (Å²) in [6.07, 6.45) is 4.16. The maximum Gasteiger partial charge on any atom is 0.272 e. The normalized spacial score (nSPS) is 20.8. The Morgan fingerprint density at radius 2 is 2.03 bits per heavy atom. The van der Waals surface area contributed by atoms with Crippen LogP contribution in [-0.4, -0.2) is 51.5 Å². The minimum absolute atomic E-state index is 0.0835. The topological polar surface area (TPSA) is 80.8 Å². The van der Waals surface area contributed by atoms with Gasteiger partial charge in [0.05, 0.1) is 19.3 Å². The summed E-state index contributed by atoms with van der Waals surface area (Å²) in [4.78, 5) is 31.0. The van der Waals surface area contributed by atoms with Gasteiger partial charge in [0.25, 0.3) is 11.8 Å². The fourth-order valence-corrected chi connectivity index (χ4v) is 4.91. The third-order valence-corrected chi connectivity index (χ3v) is 6.83. The van der Waals surface area contributed by atoms with Crippen LogP contribution in [0.4, 0.5) is 0 Å². The Morgan fingerprint density at radius 3 is 2.75 bits per heavy atom. The molecule has 1 aromatic carbocycles. The molecule has 4 heterocycles. The molecule has 2 aliphatic rings. The van der Waals surface area contributed by atoms with Gasteiger partial charge in [0, 0.05) is 30.8 Å². The molecular formula is C24H26N4O4. The molecule has 0 spiro atoms. The van der Waals surface area contributed by atoms with Gasteiger partial charge in [-0.15, -0.1) is 0 Å². The van der Waals surface area contributed by atoms with Gasteiger partial charge in [-0.3, -0.25) is 9.59 Å². The Bertz CT molecular complexity index is 1160. The van der Waals surface area contributed by atoms with Crippen molar-refractivity contribution in [1.82, 2.24) is 19.5 Å². The summed E-state index contributed by atoms with van der Waals surface area (Å²) in [6, 6.07) is 11.3. The number of nitrogens with zero attached hydrogens (tertiary/aromatic N) is 4. The van der Waals surface area contributed by atoms with Gasteiger partial charge >= 0.3 is 0 Å². The fourth-order valence-electron chi connectivity index (χ4n) is 4.91. The van der Waals surface area contributed by atoms with Gasteiger partial charge in [-0.1, -0.05) is 31.1 Å². The number of benzene rings is 1. The van der Waals surface area contributed by atoms with Crippen LogP contribution in [0.5, 0.6) is 5.75 Å². The molecule has 8 heteroatoms. The van der Waals surface area contributed by atoms with E-state index in [1.54, 1.807) is 12.0 Å². The zero-order chi connectivity index (χ0) is 22.5. The summed E-state index contributed by atoms with van der Waals surface area (Å²) in [6.45, 7) is 5.40. The summed E-state index contributed by atoms with van der Waals surface area (Å²) < 4.78 is 12.5. The lowest BCUT2D eigenvalue weighted by molar-refractivity contribution is -0.00601. The molecule has 0 saturated carbocycles. The maximum atomic E-state index is 13.9. The smallest absolute Gasteiger partial charge is 0.272 e. The van der Waals surface area contributed by atoms with E-state index in [-0.39, 0.29) is 17.7 Å². The summed E-state index contributed by atoms with van der Waals surface area (Å²) in [7, 11) is 1.61. The lowest BCUT2D eigenvalue weighted by Gasteiger charge is -2.47. The molecule has 2 unspecified atom stereocenters. The Morgan fingerprint density at radius 1 is 1.25 bits per heavy atom. The molecule has 166 valence electrons. The second-order valence-corrected chi connectivity index (χ2v) is 8.40. The van der Waals surface area contributed by atoms with Crippen LogP contribution in [0, 0.1) is 0 Å². The summed E-state index contributed by atoms with van der Waals surface area (Å²) in [5.41, 5.74) is 1.66. The van der Waals surface area contributed by atoms with E-state index in [9.17, 15) is 9.59 Å². The van der Waals surface area contributed by atoms with Crippen LogP contribution in [0.3, 0.4) is 0 Å². The van der Waals surface area contributed by atoms with Crippen LogP contribution in [0.25, 0.3) is 0 Å². The average molecular weight is 434 g/mol. The quantitative estimate of drug-likeness (QED) is 0.614. The molecular weight excluding hydrogens is 408 g/mol. The minimum Gasteiger partial charge on any atom is -0.497 e. The van der Waals surface area contributed by atoms with Gasteiger partial charge in [-0.2, -0.15) is 0 Å². The number of carbonyl (C=O) groups is 2. The third-order valence-electron chi connectivity index (χ3n) is 6.83. The van der Waals surface area contributed by atoms with Crippen molar-refractivity contribution in [2.75, 3.05) is 20.2 Å². The molecule has 3 aromatic rings. The van der Waals surface area contributed by atoms with Crippen molar-refractivity contribution in [2.45, 2.75) is 38.4 Å². The summed E-state index contributed by atoms with van der Waals surface area (Å²) in [5, 5.41) is 4.12. The Hall–Kier alpha value is -3.55. The van der Waals surface area contributed by atoms with Crippen molar-refractivity contribution in [2.24, 2.45) is 0 Å². The number of ether oxygens (including phenoxy) is 1. The van der Waals surface area contributed by atoms with Crippen molar-refractivity contribution >= 4 is 11.8 Å². The highest BCUT2D eigenvalue weighted by molar-refractivity contribution is 5.99. The largest absolute Gasteiger partial charge is 0.497 e. The molecule has 0 bridgehead atoms. The first-order chi connectivity index (χ1) is 15.5. The van der Waals surface area contributed by atoms with Crippen LogP contribution in [0.2, 0.25) is 0 Å². The highest BCUT2D eigenvalue weighted by Gasteiger charge is 2.56. The number of methoxy groups -OCH3 is 1. The summed E-state index contributed by atoms with van der Waals surface area (Å²) in [5.74, 6) is 0.546. The van der Waals surface area contributed by atoms with E-state index in [1.807, 2.05) is 59.0 Å². The van der Waals surface area contributed by atoms with Crippen molar-refractivity contribution in [3.63, 3.8) is 0 Å². The predicted molar refractivity (Wildman–Crippen MR) is 116 cm³/mol. The van der Waals surface area contributed by atoms with E-state index in [0.717, 1.165) is 17.7 Å². The molecule has 2 aliphatic heterocycles. The minimum atomic E-state index is -0.948. The standard InChI is InChI=1S/C24H26N4O4/c1-4-16(2)21-19(14-32-25-21)22(29)27-12-13-28-23(30)20-6-5-11-26(20)15-24(27,28)17-7-9-18(31-3)10-8-17/h5-11,14,16H,4,12-13,15H2,1-3H3. The number of carbonyl (C=O) groups excluding carboxylic acids is 2. The Labute approximate surface area is 186 Å². The van der Waals surface area contributed by atoms with E-state index in [1.165, 1.54) is 6.26 Å². The molecule has 8 nitrogen and oxygen atoms in total. The van der Waals surface area contributed by atoms with E-state index >= 15 is 0 Å². The second kappa shape index (κ2) is 7.55. The van der Waals surface area contributed by atoms with Crippen molar-refractivity contribution < 1.29 is 18.8 Å². The van der Waals surface area contributed by atoms with Gasteiger partial charge in [-0.25, -0.2) is 0 Å². The number of fused-ring (bicyclic) bond motifs is 2. The zero-order valence-corrected chi connectivity index (χ0v) is 18.4. The van der Waals surface area contributed by atoms with Gasteiger partial charge in [-0.05, 0) is 30.7 Å². The zero-order valence-electron chi connectivity index (χ0n) is 18.4. The highest BCUT2D eigenvalue weighted by Crippen LogP contribution is 2.44. The molecule has 1 saturated heterocycles. The molecule has 2 amide bonds. The van der Waals surface area contributed by atoms with E-state index < -0.39 is 5.66 Å². The van der Waals surface area contributed by atoms with Crippen LogP contribution < -0.4 is 4.74 Å². The van der Waals surface area contributed by atoms with Gasteiger partial charge in [0.1, 0.15) is 23.3 Å². The molecule has 0 aliphatic carbocycles. The van der Waals surface area contributed by atoms with Crippen LogP contribution in [-0.2, 0) is 12.2 Å². The highest BCUT2D eigenvalue weighted by atomic mass is 16.5. The number of amides is 2.